The number of hydrogen-bond donors (Lipinski definition) is 2. The van der Waals surface area contributed by atoms with Gasteiger partial charge in [0.05, 0.1) is 13.7 Å². The lowest BCUT2D eigenvalue weighted by Gasteiger charge is -2.15. The summed E-state index contributed by atoms with van der Waals surface area (Å²) < 4.78 is 5.24. The third-order valence-corrected chi connectivity index (χ3v) is 3.38. The summed E-state index contributed by atoms with van der Waals surface area (Å²) >= 11 is 0. The van der Waals surface area contributed by atoms with Crippen molar-refractivity contribution in [3.63, 3.8) is 0 Å². The molecule has 1 atom stereocenters. The summed E-state index contributed by atoms with van der Waals surface area (Å²) in [5, 5.41) is 12.6. The molecule has 0 aromatic heterocycles. The van der Waals surface area contributed by atoms with Crippen molar-refractivity contribution in [2.75, 3.05) is 7.11 Å². The molecule has 0 saturated heterocycles. The molecule has 1 unspecified atom stereocenters. The number of ether oxygens (including phenoxy) is 1. The van der Waals surface area contributed by atoms with Gasteiger partial charge in [-0.05, 0) is 35.7 Å². The first-order valence-corrected chi connectivity index (χ1v) is 6.79. The quantitative estimate of drug-likeness (QED) is 0.848. The Bertz CT molecular complexity index is 554. The number of hydrogen-bond acceptors (Lipinski definition) is 3. The minimum atomic E-state index is 0.0826. The van der Waals surface area contributed by atoms with Gasteiger partial charge in [-0.25, -0.2) is 0 Å². The van der Waals surface area contributed by atoms with E-state index in [4.69, 9.17) is 9.84 Å². The van der Waals surface area contributed by atoms with Gasteiger partial charge < -0.3 is 15.2 Å². The molecule has 2 rings (SSSR count). The third kappa shape index (κ3) is 3.83. The van der Waals surface area contributed by atoms with Gasteiger partial charge in [-0.2, -0.15) is 0 Å². The first-order valence-electron chi connectivity index (χ1n) is 6.79. The highest BCUT2D eigenvalue weighted by atomic mass is 16.5. The molecule has 3 heteroatoms. The third-order valence-electron chi connectivity index (χ3n) is 3.38. The molecule has 2 aromatic rings. The van der Waals surface area contributed by atoms with E-state index < -0.39 is 0 Å². The molecule has 0 amide bonds. The number of methoxy groups -OCH3 is 1. The van der Waals surface area contributed by atoms with Crippen molar-refractivity contribution < 1.29 is 9.84 Å². The largest absolute Gasteiger partial charge is 0.497 e. The summed E-state index contributed by atoms with van der Waals surface area (Å²) in [7, 11) is 1.68. The second-order valence-electron chi connectivity index (χ2n) is 4.86. The van der Waals surface area contributed by atoms with Crippen molar-refractivity contribution in [2.45, 2.75) is 26.1 Å². The molecule has 3 nitrogen and oxygen atoms in total. The van der Waals surface area contributed by atoms with E-state index in [0.29, 0.717) is 0 Å². The molecule has 0 aliphatic rings. The van der Waals surface area contributed by atoms with Crippen molar-refractivity contribution in [1.29, 1.82) is 0 Å². The number of nitrogens with one attached hydrogen (secondary N) is 1. The average molecular weight is 271 g/mol. The van der Waals surface area contributed by atoms with Crippen molar-refractivity contribution in [3.05, 3.63) is 65.2 Å². The fourth-order valence-corrected chi connectivity index (χ4v) is 2.14. The van der Waals surface area contributed by atoms with Crippen LogP contribution in [-0.2, 0) is 13.2 Å². The Morgan fingerprint density at radius 1 is 1.10 bits per heavy atom. The molecule has 0 aliphatic carbocycles. The van der Waals surface area contributed by atoms with E-state index in [1.165, 1.54) is 11.1 Å². The van der Waals surface area contributed by atoms with Crippen LogP contribution in [0.2, 0.25) is 0 Å². The van der Waals surface area contributed by atoms with Gasteiger partial charge in [0.15, 0.2) is 0 Å². The Morgan fingerprint density at radius 3 is 2.60 bits per heavy atom. The molecular weight excluding hydrogens is 250 g/mol. The monoisotopic (exact) mass is 271 g/mol. The van der Waals surface area contributed by atoms with Crippen LogP contribution in [0.15, 0.2) is 48.5 Å². The highest BCUT2D eigenvalue weighted by molar-refractivity contribution is 5.30. The van der Waals surface area contributed by atoms with Crippen LogP contribution in [0.3, 0.4) is 0 Å². The van der Waals surface area contributed by atoms with Crippen molar-refractivity contribution in [1.82, 2.24) is 5.32 Å². The zero-order valence-electron chi connectivity index (χ0n) is 12.0. The molecule has 0 saturated carbocycles. The molecule has 0 radical (unpaired) electrons. The standard InChI is InChI=1S/C17H21NO2/c1-13(16-7-4-8-17(10-16)20-2)18-11-14-5-3-6-15(9-14)12-19/h3-10,13,18-19H,11-12H2,1-2H3. The Hall–Kier alpha value is -1.84. The predicted molar refractivity (Wildman–Crippen MR) is 80.6 cm³/mol. The maximum absolute atomic E-state index is 9.14. The summed E-state index contributed by atoms with van der Waals surface area (Å²) in [6.45, 7) is 2.98. The Kier molecular flexibility index (Phi) is 5.16. The fraction of sp³-hybridized carbons (Fsp3) is 0.294. The van der Waals surface area contributed by atoms with E-state index in [9.17, 15) is 0 Å². The topological polar surface area (TPSA) is 41.5 Å². The molecule has 106 valence electrons. The molecule has 0 bridgehead atoms. The van der Waals surface area contributed by atoms with Crippen molar-refractivity contribution >= 4 is 0 Å². The van der Waals surface area contributed by atoms with Crippen LogP contribution in [-0.4, -0.2) is 12.2 Å². The fourth-order valence-electron chi connectivity index (χ4n) is 2.14. The van der Waals surface area contributed by atoms with Gasteiger partial charge >= 0.3 is 0 Å². The van der Waals surface area contributed by atoms with E-state index in [2.05, 4.69) is 24.4 Å². The van der Waals surface area contributed by atoms with Crippen LogP contribution in [0.5, 0.6) is 5.75 Å². The van der Waals surface area contributed by atoms with Crippen LogP contribution in [0.1, 0.15) is 29.7 Å². The van der Waals surface area contributed by atoms with Gasteiger partial charge in [-0.15, -0.1) is 0 Å². The van der Waals surface area contributed by atoms with Gasteiger partial charge in [0.1, 0.15) is 5.75 Å². The Morgan fingerprint density at radius 2 is 1.85 bits per heavy atom. The molecule has 20 heavy (non-hydrogen) atoms. The zero-order valence-corrected chi connectivity index (χ0v) is 12.0. The van der Waals surface area contributed by atoms with E-state index in [-0.39, 0.29) is 12.6 Å². The summed E-state index contributed by atoms with van der Waals surface area (Å²) in [4.78, 5) is 0. The Balaban J connectivity index is 1.98. The second kappa shape index (κ2) is 7.08. The lowest BCUT2D eigenvalue weighted by atomic mass is 10.1. The molecule has 2 N–H and O–H groups in total. The van der Waals surface area contributed by atoms with E-state index in [1.807, 2.05) is 36.4 Å². The maximum atomic E-state index is 9.14. The van der Waals surface area contributed by atoms with Crippen molar-refractivity contribution in [3.8, 4) is 5.75 Å². The van der Waals surface area contributed by atoms with Gasteiger partial charge in [-0.3, -0.25) is 0 Å². The number of aliphatic hydroxyl groups excluding tert-OH is 1. The highest BCUT2D eigenvalue weighted by Gasteiger charge is 2.06. The SMILES string of the molecule is COc1cccc(C(C)NCc2cccc(CO)c2)c1. The van der Waals surface area contributed by atoms with E-state index >= 15 is 0 Å². The summed E-state index contributed by atoms with van der Waals surface area (Å²) in [5.41, 5.74) is 3.31. The molecule has 0 heterocycles. The smallest absolute Gasteiger partial charge is 0.119 e. The molecular formula is C17H21NO2. The first kappa shape index (κ1) is 14.6. The lowest BCUT2D eigenvalue weighted by molar-refractivity contribution is 0.281. The van der Waals surface area contributed by atoms with Crippen LogP contribution in [0.4, 0.5) is 0 Å². The number of benzene rings is 2. The molecule has 0 aliphatic heterocycles. The first-order chi connectivity index (χ1) is 9.72. The van der Waals surface area contributed by atoms with Crippen molar-refractivity contribution in [2.24, 2.45) is 0 Å². The number of aliphatic hydroxyl groups is 1. The van der Waals surface area contributed by atoms with E-state index in [0.717, 1.165) is 17.9 Å². The summed E-state index contributed by atoms with van der Waals surface area (Å²) in [6.07, 6.45) is 0. The van der Waals surface area contributed by atoms with Crippen LogP contribution < -0.4 is 10.1 Å². The Labute approximate surface area is 120 Å². The average Bonchev–Trinajstić information content (AvgIpc) is 2.52. The zero-order chi connectivity index (χ0) is 14.4. The molecule has 0 fully saturated rings. The number of rotatable bonds is 6. The van der Waals surface area contributed by atoms with Crippen LogP contribution in [0.25, 0.3) is 0 Å². The van der Waals surface area contributed by atoms with Gasteiger partial charge in [0.25, 0.3) is 0 Å². The minimum Gasteiger partial charge on any atom is -0.497 e. The van der Waals surface area contributed by atoms with Crippen LogP contribution in [0, 0.1) is 0 Å². The van der Waals surface area contributed by atoms with Gasteiger partial charge in [-0.1, -0.05) is 36.4 Å². The molecule has 2 aromatic carbocycles. The van der Waals surface area contributed by atoms with Gasteiger partial charge in [0, 0.05) is 12.6 Å². The van der Waals surface area contributed by atoms with Gasteiger partial charge in [0.2, 0.25) is 0 Å². The maximum Gasteiger partial charge on any atom is 0.119 e. The highest BCUT2D eigenvalue weighted by Crippen LogP contribution is 2.19. The minimum absolute atomic E-state index is 0.0826. The van der Waals surface area contributed by atoms with E-state index in [1.54, 1.807) is 7.11 Å². The molecule has 0 spiro atoms. The lowest BCUT2D eigenvalue weighted by Crippen LogP contribution is -2.18. The van der Waals surface area contributed by atoms with Crippen LogP contribution >= 0.6 is 0 Å². The predicted octanol–water partition coefficient (Wildman–Crippen LogP) is 3.04. The second-order valence-corrected chi connectivity index (χ2v) is 4.86. The summed E-state index contributed by atoms with van der Waals surface area (Å²) in [6, 6.07) is 16.3. The normalized spacial score (nSPS) is 12.2. The summed E-state index contributed by atoms with van der Waals surface area (Å²) in [5.74, 6) is 0.874.